The van der Waals surface area contributed by atoms with Crippen LogP contribution in [-0.2, 0) is 4.74 Å². The molecule has 0 saturated carbocycles. The minimum atomic E-state index is -0.490. The number of nitrogens with zero attached hydrogens (tertiary/aromatic N) is 3. The van der Waals surface area contributed by atoms with Crippen LogP contribution < -0.4 is 10.2 Å². The second-order valence-corrected chi connectivity index (χ2v) is 8.03. The molecule has 1 fully saturated rings. The van der Waals surface area contributed by atoms with Crippen LogP contribution in [0.1, 0.15) is 33.6 Å². The number of rotatable bonds is 3. The van der Waals surface area contributed by atoms with E-state index in [1.165, 1.54) is 0 Å². The number of anilines is 1. The molecule has 2 aromatic rings. The van der Waals surface area contributed by atoms with E-state index in [-0.39, 0.29) is 12.1 Å². The average molecular weight is 389 g/mol. The SMILES string of the molecule is CC(C)(C)OC(=O)NC1CCN(c2cc(Cl)nc(-c3ccccc3)n2)CC1. The molecule has 0 atom stereocenters. The van der Waals surface area contributed by atoms with Crippen LogP contribution in [0.3, 0.4) is 0 Å². The van der Waals surface area contributed by atoms with Crippen molar-refractivity contribution >= 4 is 23.5 Å². The molecule has 1 aromatic heterocycles. The monoisotopic (exact) mass is 388 g/mol. The number of carbonyl (C=O) groups is 1. The Kier molecular flexibility index (Phi) is 5.85. The van der Waals surface area contributed by atoms with Crippen LogP contribution in [0, 0.1) is 0 Å². The highest BCUT2D eigenvalue weighted by Gasteiger charge is 2.24. The summed E-state index contributed by atoms with van der Waals surface area (Å²) in [7, 11) is 0. The Labute approximate surface area is 164 Å². The van der Waals surface area contributed by atoms with Crippen molar-refractivity contribution in [3.05, 3.63) is 41.6 Å². The van der Waals surface area contributed by atoms with Gasteiger partial charge in [-0.05, 0) is 33.6 Å². The Balaban J connectivity index is 1.63. The molecule has 0 bridgehead atoms. The second kappa shape index (κ2) is 8.13. The van der Waals surface area contributed by atoms with E-state index in [1.807, 2.05) is 51.1 Å². The number of hydrogen-bond acceptors (Lipinski definition) is 5. The van der Waals surface area contributed by atoms with E-state index in [0.29, 0.717) is 11.0 Å². The number of halogens is 1. The van der Waals surface area contributed by atoms with Crippen molar-refractivity contribution in [3.8, 4) is 11.4 Å². The Morgan fingerprint density at radius 1 is 1.19 bits per heavy atom. The van der Waals surface area contributed by atoms with E-state index >= 15 is 0 Å². The number of hydrogen-bond donors (Lipinski definition) is 1. The third-order valence-electron chi connectivity index (χ3n) is 4.25. The fourth-order valence-electron chi connectivity index (χ4n) is 3.01. The molecule has 7 heteroatoms. The summed E-state index contributed by atoms with van der Waals surface area (Å²) in [5.41, 5.74) is 0.443. The summed E-state index contributed by atoms with van der Waals surface area (Å²) in [6.07, 6.45) is 1.28. The second-order valence-electron chi connectivity index (χ2n) is 7.65. The zero-order chi connectivity index (χ0) is 19.4. The molecule has 144 valence electrons. The van der Waals surface area contributed by atoms with Crippen molar-refractivity contribution in [1.29, 1.82) is 0 Å². The first-order chi connectivity index (χ1) is 12.8. The largest absolute Gasteiger partial charge is 0.444 e. The Bertz CT molecular complexity index is 784. The van der Waals surface area contributed by atoms with E-state index in [9.17, 15) is 4.79 Å². The lowest BCUT2D eigenvalue weighted by molar-refractivity contribution is 0.0497. The van der Waals surface area contributed by atoms with Gasteiger partial charge >= 0.3 is 6.09 Å². The average Bonchev–Trinajstić information content (AvgIpc) is 2.61. The molecule has 1 aliphatic rings. The number of piperidine rings is 1. The topological polar surface area (TPSA) is 67.3 Å². The predicted octanol–water partition coefficient (Wildman–Crippen LogP) is 4.29. The van der Waals surface area contributed by atoms with Crippen molar-refractivity contribution < 1.29 is 9.53 Å². The van der Waals surface area contributed by atoms with Gasteiger partial charge in [-0.2, -0.15) is 0 Å². The van der Waals surface area contributed by atoms with Crippen LogP contribution >= 0.6 is 11.6 Å². The van der Waals surface area contributed by atoms with E-state index < -0.39 is 5.60 Å². The fourth-order valence-corrected chi connectivity index (χ4v) is 3.19. The van der Waals surface area contributed by atoms with Gasteiger partial charge in [0.2, 0.25) is 0 Å². The first-order valence-electron chi connectivity index (χ1n) is 9.15. The molecule has 0 aliphatic carbocycles. The number of aromatic nitrogens is 2. The van der Waals surface area contributed by atoms with Crippen LogP contribution in [-0.4, -0.2) is 40.8 Å². The molecule has 0 radical (unpaired) electrons. The summed E-state index contributed by atoms with van der Waals surface area (Å²) in [6.45, 7) is 7.14. The Morgan fingerprint density at radius 3 is 2.48 bits per heavy atom. The van der Waals surface area contributed by atoms with Crippen molar-refractivity contribution in [2.45, 2.75) is 45.3 Å². The molecule has 27 heavy (non-hydrogen) atoms. The van der Waals surface area contributed by atoms with Crippen LogP contribution in [0.15, 0.2) is 36.4 Å². The fraction of sp³-hybridized carbons (Fsp3) is 0.450. The number of carbonyl (C=O) groups excluding carboxylic acids is 1. The molecule has 1 aliphatic heterocycles. The number of benzene rings is 1. The molecule has 0 spiro atoms. The maximum absolute atomic E-state index is 11.9. The summed E-state index contributed by atoms with van der Waals surface area (Å²) in [6, 6.07) is 11.7. The molecular weight excluding hydrogens is 364 g/mol. The molecule has 1 N–H and O–H groups in total. The van der Waals surface area contributed by atoms with E-state index in [2.05, 4.69) is 20.2 Å². The molecule has 6 nitrogen and oxygen atoms in total. The van der Waals surface area contributed by atoms with Gasteiger partial charge in [-0.15, -0.1) is 0 Å². The highest BCUT2D eigenvalue weighted by Crippen LogP contribution is 2.25. The molecule has 2 heterocycles. The van der Waals surface area contributed by atoms with Crippen LogP contribution in [0.4, 0.5) is 10.6 Å². The van der Waals surface area contributed by atoms with Crippen LogP contribution in [0.5, 0.6) is 0 Å². The quantitative estimate of drug-likeness (QED) is 0.794. The highest BCUT2D eigenvalue weighted by atomic mass is 35.5. The maximum atomic E-state index is 11.9. The van der Waals surface area contributed by atoms with E-state index in [4.69, 9.17) is 16.3 Å². The molecular formula is C20H25ClN4O2. The van der Waals surface area contributed by atoms with Crippen molar-refractivity contribution in [1.82, 2.24) is 15.3 Å². The summed E-state index contributed by atoms with van der Waals surface area (Å²) in [5.74, 6) is 1.43. The normalized spacial score (nSPS) is 15.5. The molecule has 1 aromatic carbocycles. The van der Waals surface area contributed by atoms with Gasteiger partial charge in [-0.3, -0.25) is 0 Å². The number of alkyl carbamates (subject to hydrolysis) is 1. The summed E-state index contributed by atoms with van der Waals surface area (Å²) >= 11 is 6.23. The zero-order valence-corrected chi connectivity index (χ0v) is 16.7. The third-order valence-corrected chi connectivity index (χ3v) is 4.45. The van der Waals surface area contributed by atoms with Crippen molar-refractivity contribution in [2.75, 3.05) is 18.0 Å². The van der Waals surface area contributed by atoms with E-state index in [0.717, 1.165) is 37.3 Å². The van der Waals surface area contributed by atoms with Gasteiger partial charge in [0.05, 0.1) is 0 Å². The van der Waals surface area contributed by atoms with Gasteiger partial charge in [0.1, 0.15) is 16.6 Å². The van der Waals surface area contributed by atoms with Crippen molar-refractivity contribution in [2.24, 2.45) is 0 Å². The van der Waals surface area contributed by atoms with Crippen molar-refractivity contribution in [3.63, 3.8) is 0 Å². The Hall–Kier alpha value is -2.34. The molecule has 0 unspecified atom stereocenters. The van der Waals surface area contributed by atoms with Gasteiger partial charge < -0.3 is 15.0 Å². The van der Waals surface area contributed by atoms with Gasteiger partial charge in [0.15, 0.2) is 5.82 Å². The lowest BCUT2D eigenvalue weighted by Gasteiger charge is -2.33. The summed E-state index contributed by atoms with van der Waals surface area (Å²) in [4.78, 5) is 23.1. The lowest BCUT2D eigenvalue weighted by Crippen LogP contribution is -2.46. The standard InChI is InChI=1S/C20H25ClN4O2/c1-20(2,3)27-19(26)22-15-9-11-25(12-10-15)17-13-16(21)23-18(24-17)14-7-5-4-6-8-14/h4-8,13,15H,9-12H2,1-3H3,(H,22,26). The van der Waals surface area contributed by atoms with Crippen LogP contribution in [0.2, 0.25) is 5.15 Å². The number of ether oxygens (including phenoxy) is 1. The maximum Gasteiger partial charge on any atom is 0.407 e. The van der Waals surface area contributed by atoms with E-state index in [1.54, 1.807) is 6.07 Å². The third kappa shape index (κ3) is 5.57. The first-order valence-corrected chi connectivity index (χ1v) is 9.52. The smallest absolute Gasteiger partial charge is 0.407 e. The number of nitrogens with one attached hydrogen (secondary N) is 1. The van der Waals surface area contributed by atoms with Gasteiger partial charge in [0.25, 0.3) is 0 Å². The first kappa shape index (κ1) is 19.4. The molecule has 1 amide bonds. The van der Waals surface area contributed by atoms with Gasteiger partial charge in [-0.1, -0.05) is 41.9 Å². The van der Waals surface area contributed by atoms with Gasteiger partial charge in [0, 0.05) is 30.8 Å². The minimum Gasteiger partial charge on any atom is -0.444 e. The van der Waals surface area contributed by atoms with Crippen LogP contribution in [0.25, 0.3) is 11.4 Å². The zero-order valence-electron chi connectivity index (χ0n) is 15.9. The molecule has 3 rings (SSSR count). The van der Waals surface area contributed by atoms with Gasteiger partial charge in [-0.25, -0.2) is 14.8 Å². The predicted molar refractivity (Wildman–Crippen MR) is 107 cm³/mol. The minimum absolute atomic E-state index is 0.0991. The summed E-state index contributed by atoms with van der Waals surface area (Å²) < 4.78 is 5.33. The lowest BCUT2D eigenvalue weighted by atomic mass is 10.1. The summed E-state index contributed by atoms with van der Waals surface area (Å²) in [5, 5.41) is 3.37. The number of amides is 1. The highest BCUT2D eigenvalue weighted by molar-refractivity contribution is 6.29. The molecule has 1 saturated heterocycles. The Morgan fingerprint density at radius 2 is 1.85 bits per heavy atom.